The van der Waals surface area contributed by atoms with Crippen LogP contribution in [0.4, 0.5) is 0 Å². The average Bonchev–Trinajstić information content (AvgIpc) is 2.41. The number of piperazine rings is 1. The normalized spacial score (nSPS) is 19.3. The molecule has 2 rings (SSSR count). The van der Waals surface area contributed by atoms with Crippen molar-refractivity contribution in [1.29, 1.82) is 0 Å². The van der Waals surface area contributed by atoms with Gasteiger partial charge in [-0.2, -0.15) is 0 Å². The number of nitrogens with two attached hydrogens (primary N) is 1. The van der Waals surface area contributed by atoms with Crippen molar-refractivity contribution >= 4 is 28.8 Å². The first-order chi connectivity index (χ1) is 9.08. The molecule has 5 heteroatoms. The predicted octanol–water partition coefficient (Wildman–Crippen LogP) is 2.13. The summed E-state index contributed by atoms with van der Waals surface area (Å²) >= 11 is 11.2. The van der Waals surface area contributed by atoms with Gasteiger partial charge in [-0.15, -0.1) is 0 Å². The topological polar surface area (TPSA) is 32.5 Å². The molecule has 104 valence electrons. The van der Waals surface area contributed by atoms with Gasteiger partial charge in [0.05, 0.1) is 11.0 Å². The van der Waals surface area contributed by atoms with E-state index in [1.807, 2.05) is 18.2 Å². The van der Waals surface area contributed by atoms with E-state index in [9.17, 15) is 0 Å². The van der Waals surface area contributed by atoms with Crippen LogP contribution >= 0.6 is 23.8 Å². The summed E-state index contributed by atoms with van der Waals surface area (Å²) in [5, 5.41) is 0.849. The lowest BCUT2D eigenvalue weighted by Crippen LogP contribution is -2.52. The van der Waals surface area contributed by atoms with Crippen LogP contribution < -0.4 is 5.73 Å². The van der Waals surface area contributed by atoms with E-state index in [0.29, 0.717) is 4.99 Å². The van der Waals surface area contributed by atoms with Gasteiger partial charge in [-0.1, -0.05) is 42.0 Å². The van der Waals surface area contributed by atoms with Crippen LogP contribution in [0.5, 0.6) is 0 Å². The van der Waals surface area contributed by atoms with E-state index >= 15 is 0 Å². The number of nitrogens with zero attached hydrogens (tertiary/aromatic N) is 2. The summed E-state index contributed by atoms with van der Waals surface area (Å²) in [7, 11) is 0. The van der Waals surface area contributed by atoms with Crippen molar-refractivity contribution in [1.82, 2.24) is 9.80 Å². The molecule has 1 aromatic carbocycles. The highest BCUT2D eigenvalue weighted by molar-refractivity contribution is 7.80. The molecular weight excluding hydrogens is 278 g/mol. The van der Waals surface area contributed by atoms with E-state index in [1.165, 1.54) is 5.56 Å². The zero-order valence-electron chi connectivity index (χ0n) is 11.2. The van der Waals surface area contributed by atoms with Crippen LogP contribution in [0.15, 0.2) is 24.3 Å². The van der Waals surface area contributed by atoms with Crippen molar-refractivity contribution in [2.45, 2.75) is 19.5 Å². The summed E-state index contributed by atoms with van der Waals surface area (Å²) in [5.41, 5.74) is 6.90. The third-order valence-electron chi connectivity index (χ3n) is 3.72. The third kappa shape index (κ3) is 3.89. The SMILES string of the molecule is CC(C(N)=S)N1CCN(Cc2ccccc2Cl)CC1. The lowest BCUT2D eigenvalue weighted by Gasteiger charge is -2.37. The van der Waals surface area contributed by atoms with Gasteiger partial charge in [0.2, 0.25) is 0 Å². The van der Waals surface area contributed by atoms with Crippen molar-refractivity contribution in [3.05, 3.63) is 34.9 Å². The van der Waals surface area contributed by atoms with Crippen molar-refractivity contribution < 1.29 is 0 Å². The molecule has 19 heavy (non-hydrogen) atoms. The fourth-order valence-electron chi connectivity index (χ4n) is 2.36. The molecule has 0 bridgehead atoms. The van der Waals surface area contributed by atoms with Gasteiger partial charge >= 0.3 is 0 Å². The predicted molar refractivity (Wildman–Crippen MR) is 84.5 cm³/mol. The first-order valence-corrected chi connectivity index (χ1v) is 7.35. The molecule has 1 aromatic rings. The molecule has 3 nitrogen and oxygen atoms in total. The summed E-state index contributed by atoms with van der Waals surface area (Å²) in [5.74, 6) is 0. The minimum Gasteiger partial charge on any atom is -0.392 e. The average molecular weight is 298 g/mol. The molecule has 0 aromatic heterocycles. The maximum atomic E-state index is 6.19. The molecule has 1 unspecified atom stereocenters. The molecule has 1 atom stereocenters. The molecular formula is C14H20ClN3S. The summed E-state index contributed by atoms with van der Waals surface area (Å²) in [6.45, 7) is 7.04. The van der Waals surface area contributed by atoms with Crippen LogP contribution in [0.25, 0.3) is 0 Å². The number of hydrogen-bond acceptors (Lipinski definition) is 3. The highest BCUT2D eigenvalue weighted by atomic mass is 35.5. The molecule has 0 saturated carbocycles. The van der Waals surface area contributed by atoms with E-state index in [0.717, 1.165) is 37.7 Å². The molecule has 0 spiro atoms. The Balaban J connectivity index is 1.87. The maximum absolute atomic E-state index is 6.19. The number of hydrogen-bond donors (Lipinski definition) is 1. The van der Waals surface area contributed by atoms with Crippen LogP contribution in [0.2, 0.25) is 5.02 Å². The Kier molecular flexibility index (Phi) is 5.16. The van der Waals surface area contributed by atoms with Crippen LogP contribution in [-0.4, -0.2) is 47.0 Å². The second-order valence-corrected chi connectivity index (χ2v) is 5.86. The molecule has 1 fully saturated rings. The molecule has 0 aliphatic carbocycles. The van der Waals surface area contributed by atoms with Gasteiger partial charge in [0, 0.05) is 37.7 Å². The van der Waals surface area contributed by atoms with Crippen molar-refractivity contribution in [2.75, 3.05) is 26.2 Å². The van der Waals surface area contributed by atoms with Gasteiger partial charge in [-0.25, -0.2) is 0 Å². The van der Waals surface area contributed by atoms with E-state index in [1.54, 1.807) is 0 Å². The monoisotopic (exact) mass is 297 g/mol. The van der Waals surface area contributed by atoms with Gasteiger partial charge in [-0.3, -0.25) is 9.80 Å². The minimum atomic E-state index is 0.192. The van der Waals surface area contributed by atoms with E-state index < -0.39 is 0 Å². The Morgan fingerprint density at radius 1 is 1.32 bits per heavy atom. The Morgan fingerprint density at radius 2 is 1.95 bits per heavy atom. The Bertz CT molecular complexity index is 444. The van der Waals surface area contributed by atoms with Crippen LogP contribution in [0, 0.1) is 0 Å². The lowest BCUT2D eigenvalue weighted by atomic mass is 10.2. The summed E-state index contributed by atoms with van der Waals surface area (Å²) in [4.78, 5) is 5.34. The molecule has 0 radical (unpaired) electrons. The van der Waals surface area contributed by atoms with E-state index in [-0.39, 0.29) is 6.04 Å². The maximum Gasteiger partial charge on any atom is 0.0899 e. The molecule has 1 saturated heterocycles. The Morgan fingerprint density at radius 3 is 2.53 bits per heavy atom. The van der Waals surface area contributed by atoms with E-state index in [4.69, 9.17) is 29.6 Å². The quantitative estimate of drug-likeness (QED) is 0.863. The Labute approximate surface area is 125 Å². The minimum absolute atomic E-state index is 0.192. The lowest BCUT2D eigenvalue weighted by molar-refractivity contribution is 0.118. The van der Waals surface area contributed by atoms with Gasteiger partial charge < -0.3 is 5.73 Å². The van der Waals surface area contributed by atoms with Gasteiger partial charge in [0.1, 0.15) is 0 Å². The fraction of sp³-hybridized carbons (Fsp3) is 0.500. The number of thiocarbonyl (C=S) groups is 1. The zero-order valence-corrected chi connectivity index (χ0v) is 12.8. The van der Waals surface area contributed by atoms with Crippen LogP contribution in [-0.2, 0) is 6.54 Å². The number of halogens is 1. The largest absolute Gasteiger partial charge is 0.392 e. The highest BCUT2D eigenvalue weighted by Gasteiger charge is 2.22. The smallest absolute Gasteiger partial charge is 0.0899 e. The molecule has 1 heterocycles. The second-order valence-electron chi connectivity index (χ2n) is 4.98. The van der Waals surface area contributed by atoms with Crippen molar-refractivity contribution in [3.63, 3.8) is 0 Å². The Hall–Kier alpha value is -0.680. The second kappa shape index (κ2) is 6.66. The summed E-state index contributed by atoms with van der Waals surface area (Å²) < 4.78 is 0. The third-order valence-corrected chi connectivity index (χ3v) is 4.43. The van der Waals surface area contributed by atoms with Crippen LogP contribution in [0.3, 0.4) is 0 Å². The molecule has 1 aliphatic rings. The van der Waals surface area contributed by atoms with Crippen molar-refractivity contribution in [2.24, 2.45) is 5.73 Å². The van der Waals surface area contributed by atoms with Gasteiger partial charge in [0.15, 0.2) is 0 Å². The number of rotatable bonds is 4. The first-order valence-electron chi connectivity index (χ1n) is 6.57. The molecule has 1 aliphatic heterocycles. The summed E-state index contributed by atoms with van der Waals surface area (Å²) in [6, 6.07) is 8.23. The fourth-order valence-corrected chi connectivity index (χ4v) is 2.70. The van der Waals surface area contributed by atoms with Crippen LogP contribution in [0.1, 0.15) is 12.5 Å². The molecule has 0 amide bonds. The van der Waals surface area contributed by atoms with Gasteiger partial charge in [-0.05, 0) is 18.6 Å². The first kappa shape index (κ1) is 14.7. The highest BCUT2D eigenvalue weighted by Crippen LogP contribution is 2.18. The zero-order chi connectivity index (χ0) is 13.8. The number of benzene rings is 1. The molecule has 2 N–H and O–H groups in total. The summed E-state index contributed by atoms with van der Waals surface area (Å²) in [6.07, 6.45) is 0. The standard InChI is InChI=1S/C14H20ClN3S/c1-11(14(16)19)18-8-6-17(7-9-18)10-12-4-2-3-5-13(12)15/h2-5,11H,6-10H2,1H3,(H2,16,19). The van der Waals surface area contributed by atoms with Gasteiger partial charge in [0.25, 0.3) is 0 Å². The van der Waals surface area contributed by atoms with Crippen molar-refractivity contribution in [3.8, 4) is 0 Å². The van der Waals surface area contributed by atoms with E-state index in [2.05, 4.69) is 22.8 Å².